The Morgan fingerprint density at radius 3 is 2.46 bits per heavy atom. The highest BCUT2D eigenvalue weighted by molar-refractivity contribution is 6.30. The fraction of sp³-hybridized carbons (Fsp3) is 0.278. The van der Waals surface area contributed by atoms with Crippen LogP contribution in [0.5, 0.6) is 0 Å². The van der Waals surface area contributed by atoms with Gasteiger partial charge >= 0.3 is 6.18 Å². The Hall–Kier alpha value is -2.41. The summed E-state index contributed by atoms with van der Waals surface area (Å²) in [5.74, 6) is -1.46. The van der Waals surface area contributed by atoms with Crippen molar-refractivity contribution in [3.05, 3.63) is 63.8 Å². The molecule has 1 aliphatic carbocycles. The third kappa shape index (κ3) is 2.86. The van der Waals surface area contributed by atoms with Crippen molar-refractivity contribution in [1.82, 2.24) is 14.5 Å². The van der Waals surface area contributed by atoms with Gasteiger partial charge in [0.05, 0.1) is 17.1 Å². The van der Waals surface area contributed by atoms with E-state index in [9.17, 15) is 18.0 Å². The second-order valence-corrected chi connectivity index (χ2v) is 6.80. The van der Waals surface area contributed by atoms with Crippen LogP contribution in [0.3, 0.4) is 0 Å². The largest absolute Gasteiger partial charge is 0.391 e. The molecule has 4 rings (SSSR count). The van der Waals surface area contributed by atoms with Gasteiger partial charge in [-0.3, -0.25) is 9.36 Å². The zero-order valence-electron chi connectivity index (χ0n) is 13.4. The number of fused-ring (bicyclic) bond motifs is 1. The van der Waals surface area contributed by atoms with E-state index in [1.165, 1.54) is 10.8 Å². The average Bonchev–Trinajstić information content (AvgIpc) is 2.54. The summed E-state index contributed by atoms with van der Waals surface area (Å²) in [6.45, 7) is 0. The minimum Gasteiger partial charge on any atom is -0.266 e. The number of hydrogen-bond donors (Lipinski definition) is 0. The Bertz CT molecular complexity index is 1020. The molecule has 1 aliphatic rings. The molecule has 0 radical (unpaired) electrons. The van der Waals surface area contributed by atoms with Gasteiger partial charge in [0.1, 0.15) is 5.82 Å². The monoisotopic (exact) mass is 379 g/mol. The van der Waals surface area contributed by atoms with Gasteiger partial charge in [0, 0.05) is 17.1 Å². The van der Waals surface area contributed by atoms with Gasteiger partial charge in [-0.25, -0.2) is 9.97 Å². The number of pyridine rings is 1. The van der Waals surface area contributed by atoms with Crippen LogP contribution in [0.2, 0.25) is 5.02 Å². The lowest BCUT2D eigenvalue weighted by Crippen LogP contribution is -2.37. The Labute approximate surface area is 151 Å². The third-order valence-electron chi connectivity index (χ3n) is 4.71. The normalized spacial score (nSPS) is 20.2. The molecular formula is C18H13ClF3N3O. The fourth-order valence-corrected chi connectivity index (χ4v) is 3.37. The molecule has 3 aromatic rings. The van der Waals surface area contributed by atoms with Crippen molar-refractivity contribution >= 4 is 22.6 Å². The van der Waals surface area contributed by atoms with Crippen LogP contribution < -0.4 is 5.56 Å². The SMILES string of the molecule is O=c1c2ncccc2nc([C@H]2C[C@@H](C(F)(F)F)C2)n1-c1ccc(Cl)cc1. The van der Waals surface area contributed by atoms with E-state index in [1.807, 2.05) is 0 Å². The van der Waals surface area contributed by atoms with Crippen LogP contribution in [0.4, 0.5) is 13.2 Å². The van der Waals surface area contributed by atoms with E-state index in [4.69, 9.17) is 11.6 Å². The van der Waals surface area contributed by atoms with Gasteiger partial charge in [0.2, 0.25) is 0 Å². The minimum atomic E-state index is -4.22. The molecule has 1 aromatic carbocycles. The number of alkyl halides is 3. The van der Waals surface area contributed by atoms with Gasteiger partial charge in [-0.15, -0.1) is 0 Å². The Morgan fingerprint density at radius 2 is 1.81 bits per heavy atom. The first-order chi connectivity index (χ1) is 12.3. The third-order valence-corrected chi connectivity index (χ3v) is 4.96. The molecule has 1 saturated carbocycles. The van der Waals surface area contributed by atoms with E-state index in [0.717, 1.165) is 0 Å². The molecule has 4 nitrogen and oxygen atoms in total. The second kappa shape index (κ2) is 6.09. The predicted octanol–water partition coefficient (Wildman–Crippen LogP) is 4.49. The first-order valence-corrected chi connectivity index (χ1v) is 8.42. The number of nitrogens with zero attached hydrogens (tertiary/aromatic N) is 3. The summed E-state index contributed by atoms with van der Waals surface area (Å²) in [5, 5.41) is 0.496. The van der Waals surface area contributed by atoms with E-state index in [1.54, 1.807) is 36.4 Å². The zero-order chi connectivity index (χ0) is 18.5. The maximum atomic E-state index is 13.0. The molecule has 0 saturated heterocycles. The lowest BCUT2D eigenvalue weighted by atomic mass is 9.74. The molecule has 2 heterocycles. The number of aromatic nitrogens is 3. The van der Waals surface area contributed by atoms with Crippen molar-refractivity contribution in [3.8, 4) is 5.69 Å². The molecule has 0 unspecified atom stereocenters. The predicted molar refractivity (Wildman–Crippen MR) is 91.7 cm³/mol. The van der Waals surface area contributed by atoms with Gasteiger partial charge in [-0.05, 0) is 49.2 Å². The van der Waals surface area contributed by atoms with Gasteiger partial charge < -0.3 is 0 Å². The Kier molecular flexibility index (Phi) is 3.99. The number of halogens is 4. The molecule has 0 spiro atoms. The highest BCUT2D eigenvalue weighted by Gasteiger charge is 2.49. The van der Waals surface area contributed by atoms with E-state index >= 15 is 0 Å². The molecule has 0 amide bonds. The summed E-state index contributed by atoms with van der Waals surface area (Å²) in [6, 6.07) is 9.81. The summed E-state index contributed by atoms with van der Waals surface area (Å²) in [6.07, 6.45) is -2.88. The molecule has 0 N–H and O–H groups in total. The first-order valence-electron chi connectivity index (χ1n) is 8.05. The van der Waals surface area contributed by atoms with Crippen LogP contribution in [0.1, 0.15) is 24.6 Å². The summed E-state index contributed by atoms with van der Waals surface area (Å²) in [4.78, 5) is 21.5. The van der Waals surface area contributed by atoms with Crippen LogP contribution in [0.15, 0.2) is 47.4 Å². The topological polar surface area (TPSA) is 47.8 Å². The van der Waals surface area contributed by atoms with E-state index < -0.39 is 23.6 Å². The Morgan fingerprint density at radius 1 is 1.12 bits per heavy atom. The molecule has 0 aliphatic heterocycles. The van der Waals surface area contributed by atoms with E-state index in [0.29, 0.717) is 22.1 Å². The lowest BCUT2D eigenvalue weighted by Gasteiger charge is -2.36. The molecule has 2 aromatic heterocycles. The molecular weight excluding hydrogens is 367 g/mol. The Balaban J connectivity index is 1.87. The van der Waals surface area contributed by atoms with Gasteiger partial charge in [-0.2, -0.15) is 13.2 Å². The molecule has 1 fully saturated rings. The van der Waals surface area contributed by atoms with Gasteiger partial charge in [-0.1, -0.05) is 11.6 Å². The van der Waals surface area contributed by atoms with Crippen LogP contribution >= 0.6 is 11.6 Å². The highest BCUT2D eigenvalue weighted by Crippen LogP contribution is 2.49. The van der Waals surface area contributed by atoms with E-state index in [-0.39, 0.29) is 18.4 Å². The van der Waals surface area contributed by atoms with Gasteiger partial charge in [0.25, 0.3) is 5.56 Å². The van der Waals surface area contributed by atoms with Gasteiger partial charge in [0.15, 0.2) is 5.52 Å². The minimum absolute atomic E-state index is 0.0741. The van der Waals surface area contributed by atoms with Crippen molar-refractivity contribution in [2.45, 2.75) is 24.9 Å². The van der Waals surface area contributed by atoms with Crippen molar-refractivity contribution < 1.29 is 13.2 Å². The first kappa shape index (κ1) is 17.0. The fourth-order valence-electron chi connectivity index (χ4n) is 3.24. The van der Waals surface area contributed by atoms with Crippen molar-refractivity contribution in [1.29, 1.82) is 0 Å². The highest BCUT2D eigenvalue weighted by atomic mass is 35.5. The van der Waals surface area contributed by atoms with Crippen LogP contribution in [-0.2, 0) is 0 Å². The lowest BCUT2D eigenvalue weighted by molar-refractivity contribution is -0.198. The maximum absolute atomic E-state index is 13.0. The smallest absolute Gasteiger partial charge is 0.266 e. The molecule has 26 heavy (non-hydrogen) atoms. The molecule has 8 heteroatoms. The van der Waals surface area contributed by atoms with Crippen LogP contribution in [0.25, 0.3) is 16.7 Å². The second-order valence-electron chi connectivity index (χ2n) is 6.36. The standard InChI is InChI=1S/C18H13ClF3N3O/c19-12-3-5-13(6-4-12)25-16(10-8-11(9-10)18(20,21)22)24-14-2-1-7-23-15(14)17(25)26/h1-7,10-11H,8-9H2/t10-,11+. The summed E-state index contributed by atoms with van der Waals surface area (Å²) < 4.78 is 40.0. The molecule has 0 atom stereocenters. The zero-order valence-corrected chi connectivity index (χ0v) is 14.1. The maximum Gasteiger partial charge on any atom is 0.391 e. The number of rotatable bonds is 2. The quantitative estimate of drug-likeness (QED) is 0.659. The molecule has 0 bridgehead atoms. The van der Waals surface area contributed by atoms with Crippen molar-refractivity contribution in [2.24, 2.45) is 5.92 Å². The average molecular weight is 380 g/mol. The summed E-state index contributed by atoms with van der Waals surface area (Å²) >= 11 is 5.90. The van der Waals surface area contributed by atoms with Crippen molar-refractivity contribution in [2.75, 3.05) is 0 Å². The molecule has 134 valence electrons. The summed E-state index contributed by atoms with van der Waals surface area (Å²) in [5.41, 5.74) is 0.666. The number of hydrogen-bond acceptors (Lipinski definition) is 3. The summed E-state index contributed by atoms with van der Waals surface area (Å²) in [7, 11) is 0. The van der Waals surface area contributed by atoms with Crippen LogP contribution in [0, 0.1) is 5.92 Å². The van der Waals surface area contributed by atoms with Crippen molar-refractivity contribution in [3.63, 3.8) is 0 Å². The van der Waals surface area contributed by atoms with Crippen LogP contribution in [-0.4, -0.2) is 20.7 Å². The van der Waals surface area contributed by atoms with E-state index in [2.05, 4.69) is 9.97 Å². The number of benzene rings is 1.